The molecule has 4 nitrogen and oxygen atoms in total. The largest absolute Gasteiger partial charge is 0.422 e. The summed E-state index contributed by atoms with van der Waals surface area (Å²) in [4.78, 5) is 23.2. The maximum absolute atomic E-state index is 13.9. The van der Waals surface area contributed by atoms with Gasteiger partial charge in [-0.15, -0.1) is 0 Å². The molecule has 1 heterocycles. The van der Waals surface area contributed by atoms with E-state index in [-0.39, 0.29) is 10.9 Å². The van der Waals surface area contributed by atoms with Gasteiger partial charge >= 0.3 is 11.4 Å². The van der Waals surface area contributed by atoms with Crippen LogP contribution in [-0.4, -0.2) is 4.57 Å². The van der Waals surface area contributed by atoms with Crippen molar-refractivity contribution < 1.29 is 8.81 Å². The van der Waals surface area contributed by atoms with E-state index in [1.165, 1.54) is 16.7 Å². The van der Waals surface area contributed by atoms with Crippen LogP contribution in [0.2, 0.25) is 0 Å². The van der Waals surface area contributed by atoms with Gasteiger partial charge in [0.15, 0.2) is 0 Å². The average Bonchev–Trinajstić information content (AvgIpc) is 2.29. The molecule has 0 aliphatic heterocycles. The predicted octanol–water partition coefficient (Wildman–Crippen LogP) is 2.66. The smallest absolute Gasteiger partial charge is 0.372 e. The van der Waals surface area contributed by atoms with Crippen molar-refractivity contribution in [2.24, 2.45) is 0 Å². The number of aryl methyl sites for hydroxylation is 1. The van der Waals surface area contributed by atoms with E-state index in [0.717, 1.165) is 6.42 Å². The summed E-state index contributed by atoms with van der Waals surface area (Å²) >= 11 is 3.11. The highest BCUT2D eigenvalue weighted by Gasteiger charge is 2.14. The molecule has 1 aromatic heterocycles. The molecular weight excluding hydrogens is 305 g/mol. The lowest BCUT2D eigenvalue weighted by Gasteiger charge is -2.08. The van der Waals surface area contributed by atoms with Crippen LogP contribution >= 0.6 is 15.9 Å². The fraction of sp³-hybridized carbons (Fsp3) is 0.333. The van der Waals surface area contributed by atoms with Crippen LogP contribution in [0.1, 0.15) is 19.8 Å². The molecule has 0 N–H and O–H groups in total. The Hall–Kier alpha value is -1.43. The molecule has 18 heavy (non-hydrogen) atoms. The Bertz CT molecular complexity index is 705. The maximum Gasteiger partial charge on any atom is 0.422 e. The molecule has 2 aromatic rings. The maximum atomic E-state index is 13.9. The predicted molar refractivity (Wildman–Crippen MR) is 69.3 cm³/mol. The number of benzene rings is 1. The highest BCUT2D eigenvalue weighted by atomic mass is 79.9. The molecule has 0 bridgehead atoms. The Labute approximate surface area is 110 Å². The summed E-state index contributed by atoms with van der Waals surface area (Å²) < 4.78 is 20.1. The van der Waals surface area contributed by atoms with Crippen LogP contribution < -0.4 is 11.4 Å². The summed E-state index contributed by atoms with van der Waals surface area (Å²) in [5.41, 5.74) is -0.809. The van der Waals surface area contributed by atoms with Crippen LogP contribution in [0.3, 0.4) is 0 Å². The second-order valence-electron chi connectivity index (χ2n) is 3.94. The number of halogens is 2. The second kappa shape index (κ2) is 5.06. The van der Waals surface area contributed by atoms with Crippen molar-refractivity contribution in [3.63, 3.8) is 0 Å². The van der Waals surface area contributed by atoms with Crippen molar-refractivity contribution in [2.45, 2.75) is 26.3 Å². The minimum atomic E-state index is -0.817. The molecule has 0 radical (unpaired) electrons. The van der Waals surface area contributed by atoms with E-state index < -0.39 is 17.2 Å². The number of hydrogen-bond donors (Lipinski definition) is 0. The summed E-state index contributed by atoms with van der Waals surface area (Å²) in [6.07, 6.45) is 1.56. The van der Waals surface area contributed by atoms with Gasteiger partial charge in [-0.2, -0.15) is 0 Å². The van der Waals surface area contributed by atoms with Gasteiger partial charge in [0, 0.05) is 11.0 Å². The Kier molecular flexibility index (Phi) is 3.65. The zero-order valence-corrected chi connectivity index (χ0v) is 11.3. The molecule has 0 atom stereocenters. The fourth-order valence-corrected chi connectivity index (χ4v) is 2.23. The van der Waals surface area contributed by atoms with E-state index in [0.29, 0.717) is 17.4 Å². The first kappa shape index (κ1) is 13.0. The molecule has 96 valence electrons. The first-order chi connectivity index (χ1) is 8.54. The van der Waals surface area contributed by atoms with Gasteiger partial charge in [0.25, 0.3) is 0 Å². The standard InChI is InChI=1S/C12H11BrFNO3/c1-2-3-4-15-10-8(11(16)18-12(15)17)5-7(13)6-9(10)14/h5-6H,2-4H2,1H3. The van der Waals surface area contributed by atoms with Crippen LogP contribution in [0.15, 0.2) is 30.6 Å². The quantitative estimate of drug-likeness (QED) is 0.875. The van der Waals surface area contributed by atoms with Crippen molar-refractivity contribution in [3.8, 4) is 0 Å². The van der Waals surface area contributed by atoms with Crippen molar-refractivity contribution in [3.05, 3.63) is 43.4 Å². The highest BCUT2D eigenvalue weighted by molar-refractivity contribution is 9.10. The van der Waals surface area contributed by atoms with Crippen molar-refractivity contribution in [1.29, 1.82) is 0 Å². The van der Waals surface area contributed by atoms with E-state index in [9.17, 15) is 14.0 Å². The summed E-state index contributed by atoms with van der Waals surface area (Å²) in [6.45, 7) is 2.29. The number of unbranched alkanes of at least 4 members (excludes halogenated alkanes) is 1. The van der Waals surface area contributed by atoms with Crippen molar-refractivity contribution in [2.75, 3.05) is 0 Å². The zero-order valence-electron chi connectivity index (χ0n) is 9.70. The minimum Gasteiger partial charge on any atom is -0.372 e. The van der Waals surface area contributed by atoms with Crippen LogP contribution in [0.5, 0.6) is 0 Å². The molecule has 6 heteroatoms. The summed E-state index contributed by atoms with van der Waals surface area (Å²) in [5, 5.41) is 0.0672. The van der Waals surface area contributed by atoms with E-state index >= 15 is 0 Å². The van der Waals surface area contributed by atoms with E-state index in [4.69, 9.17) is 0 Å². The van der Waals surface area contributed by atoms with Gasteiger partial charge in [-0.25, -0.2) is 14.0 Å². The molecule has 0 aliphatic rings. The fourth-order valence-electron chi connectivity index (χ4n) is 1.80. The summed E-state index contributed by atoms with van der Waals surface area (Å²) in [7, 11) is 0. The molecule has 1 aromatic carbocycles. The molecule has 2 rings (SSSR count). The Morgan fingerprint density at radius 3 is 2.78 bits per heavy atom. The third kappa shape index (κ3) is 2.25. The van der Waals surface area contributed by atoms with Gasteiger partial charge in [0.2, 0.25) is 0 Å². The Morgan fingerprint density at radius 2 is 2.11 bits per heavy atom. The number of hydrogen-bond acceptors (Lipinski definition) is 3. The molecule has 0 unspecified atom stereocenters. The Balaban J connectivity index is 2.85. The number of rotatable bonds is 3. The van der Waals surface area contributed by atoms with Crippen molar-refractivity contribution in [1.82, 2.24) is 4.57 Å². The first-order valence-corrected chi connectivity index (χ1v) is 6.36. The van der Waals surface area contributed by atoms with Gasteiger partial charge in [-0.3, -0.25) is 4.57 Å². The second-order valence-corrected chi connectivity index (χ2v) is 4.86. The first-order valence-electron chi connectivity index (χ1n) is 5.57. The summed E-state index contributed by atoms with van der Waals surface area (Å²) in [6, 6.07) is 2.68. The molecule has 0 aliphatic carbocycles. The van der Waals surface area contributed by atoms with Gasteiger partial charge < -0.3 is 4.42 Å². The van der Waals surface area contributed by atoms with Crippen molar-refractivity contribution >= 4 is 26.8 Å². The minimum absolute atomic E-state index is 0.00731. The SMILES string of the molecule is CCCCn1c(=O)oc(=O)c2cc(Br)cc(F)c21. The van der Waals surface area contributed by atoms with Gasteiger partial charge in [-0.05, 0) is 18.6 Å². The van der Waals surface area contributed by atoms with E-state index in [2.05, 4.69) is 20.3 Å². The lowest BCUT2D eigenvalue weighted by atomic mass is 10.2. The average molecular weight is 316 g/mol. The molecule has 0 saturated heterocycles. The van der Waals surface area contributed by atoms with Crippen LogP contribution in [-0.2, 0) is 6.54 Å². The number of aromatic nitrogens is 1. The number of nitrogens with zero attached hydrogens (tertiary/aromatic N) is 1. The lowest BCUT2D eigenvalue weighted by molar-refractivity contribution is 0.408. The highest BCUT2D eigenvalue weighted by Crippen LogP contribution is 2.20. The molecule has 0 saturated carbocycles. The van der Waals surface area contributed by atoms with Crippen LogP contribution in [0.25, 0.3) is 10.9 Å². The topological polar surface area (TPSA) is 52.2 Å². The Morgan fingerprint density at radius 1 is 1.39 bits per heavy atom. The zero-order chi connectivity index (χ0) is 13.3. The monoisotopic (exact) mass is 315 g/mol. The molecular formula is C12H11BrFNO3. The third-order valence-electron chi connectivity index (χ3n) is 2.65. The van der Waals surface area contributed by atoms with Gasteiger partial charge in [-0.1, -0.05) is 29.3 Å². The van der Waals surface area contributed by atoms with Crippen LogP contribution in [0, 0.1) is 5.82 Å². The van der Waals surface area contributed by atoms with E-state index in [1.54, 1.807) is 0 Å². The third-order valence-corrected chi connectivity index (χ3v) is 3.11. The van der Waals surface area contributed by atoms with Crippen LogP contribution in [0.4, 0.5) is 4.39 Å². The molecule has 0 spiro atoms. The van der Waals surface area contributed by atoms with Gasteiger partial charge in [0.1, 0.15) is 5.82 Å². The molecule has 0 amide bonds. The number of fused-ring (bicyclic) bond motifs is 1. The molecule has 0 fully saturated rings. The lowest BCUT2D eigenvalue weighted by Crippen LogP contribution is -2.25. The normalized spacial score (nSPS) is 11.1. The van der Waals surface area contributed by atoms with Gasteiger partial charge in [0.05, 0.1) is 10.9 Å². The van der Waals surface area contributed by atoms with E-state index in [1.807, 2.05) is 6.92 Å². The summed E-state index contributed by atoms with van der Waals surface area (Å²) in [5.74, 6) is -1.43.